The van der Waals surface area contributed by atoms with Crippen molar-refractivity contribution in [2.45, 2.75) is 18.0 Å². The summed E-state index contributed by atoms with van der Waals surface area (Å²) in [5.41, 5.74) is 0.399. The Kier molecular flexibility index (Phi) is 5.58. The second kappa shape index (κ2) is 7.29. The van der Waals surface area contributed by atoms with E-state index in [-0.39, 0.29) is 5.69 Å². The van der Waals surface area contributed by atoms with E-state index >= 15 is 0 Å². The Bertz CT molecular complexity index is 724. The van der Waals surface area contributed by atoms with E-state index < -0.39 is 17.7 Å². The van der Waals surface area contributed by atoms with Crippen molar-refractivity contribution in [1.29, 1.82) is 0 Å². The molecule has 130 valence electrons. The number of aryl methyl sites for hydroxylation is 1. The molecule has 0 aliphatic heterocycles. The van der Waals surface area contributed by atoms with E-state index in [4.69, 9.17) is 4.42 Å². The first kappa shape index (κ1) is 18.4. The van der Waals surface area contributed by atoms with Gasteiger partial charge in [-0.15, -0.1) is 11.8 Å². The van der Waals surface area contributed by atoms with Gasteiger partial charge in [-0.3, -0.25) is 0 Å². The van der Waals surface area contributed by atoms with Crippen molar-refractivity contribution in [3.8, 4) is 0 Å². The van der Waals surface area contributed by atoms with Crippen molar-refractivity contribution >= 4 is 23.3 Å². The van der Waals surface area contributed by atoms with E-state index in [2.05, 4.69) is 4.99 Å². The molecular formula is C16H16F4N2OS. The summed E-state index contributed by atoms with van der Waals surface area (Å²) in [6.07, 6.45) is -2.83. The van der Waals surface area contributed by atoms with Crippen molar-refractivity contribution in [2.24, 2.45) is 4.99 Å². The largest absolute Gasteiger partial charge is 0.461 e. The molecule has 0 atom stereocenters. The number of furan rings is 1. The summed E-state index contributed by atoms with van der Waals surface area (Å²) in [5, 5.41) is 0. The van der Waals surface area contributed by atoms with Gasteiger partial charge >= 0.3 is 6.18 Å². The average molecular weight is 360 g/mol. The molecule has 0 aliphatic rings. The third kappa shape index (κ3) is 4.77. The van der Waals surface area contributed by atoms with Crippen LogP contribution < -0.4 is 0 Å². The third-order valence-corrected chi connectivity index (χ3v) is 4.25. The molecule has 1 heterocycles. The molecule has 0 radical (unpaired) electrons. The zero-order valence-electron chi connectivity index (χ0n) is 13.3. The summed E-state index contributed by atoms with van der Waals surface area (Å²) < 4.78 is 56.7. The molecule has 24 heavy (non-hydrogen) atoms. The molecule has 0 N–H and O–H groups in total. The molecule has 0 saturated carbocycles. The maximum absolute atomic E-state index is 14.2. The molecule has 2 rings (SSSR count). The highest BCUT2D eigenvalue weighted by molar-refractivity contribution is 7.99. The zero-order valence-corrected chi connectivity index (χ0v) is 14.1. The van der Waals surface area contributed by atoms with Crippen LogP contribution in [0.5, 0.6) is 0 Å². The fraction of sp³-hybridized carbons (Fsp3) is 0.312. The molecule has 0 aliphatic carbocycles. The van der Waals surface area contributed by atoms with E-state index in [0.717, 1.165) is 0 Å². The summed E-state index contributed by atoms with van der Waals surface area (Å²) in [7, 11) is 3.43. The second-order valence-electron chi connectivity index (χ2n) is 5.28. The zero-order chi connectivity index (χ0) is 17.9. The van der Waals surface area contributed by atoms with E-state index in [1.165, 1.54) is 18.4 Å². The van der Waals surface area contributed by atoms with Crippen molar-refractivity contribution in [1.82, 2.24) is 4.90 Å². The lowest BCUT2D eigenvalue weighted by Crippen LogP contribution is -2.22. The summed E-state index contributed by atoms with van der Waals surface area (Å²) >= 11 is 0.612. The SMILES string of the molecule is Cc1cc(F)c(/N=C(\c2ccco2)N(C)C)cc1SCC(F)(F)F. The number of hydrogen-bond donors (Lipinski definition) is 0. The van der Waals surface area contributed by atoms with Gasteiger partial charge in [0.2, 0.25) is 0 Å². The van der Waals surface area contributed by atoms with Gasteiger partial charge in [0.1, 0.15) is 11.5 Å². The Labute approximate surface area is 141 Å². The van der Waals surface area contributed by atoms with Crippen LogP contribution in [0.25, 0.3) is 0 Å². The van der Waals surface area contributed by atoms with Crippen LogP contribution >= 0.6 is 11.8 Å². The number of halogens is 4. The molecule has 8 heteroatoms. The van der Waals surface area contributed by atoms with Crippen LogP contribution in [0.2, 0.25) is 0 Å². The van der Waals surface area contributed by atoms with Crippen LogP contribution in [0.3, 0.4) is 0 Å². The molecule has 0 unspecified atom stereocenters. The summed E-state index contributed by atoms with van der Waals surface area (Å²) in [6, 6.07) is 5.86. The van der Waals surface area contributed by atoms with E-state index in [1.54, 1.807) is 38.1 Å². The lowest BCUT2D eigenvalue weighted by molar-refractivity contribution is -0.105. The van der Waals surface area contributed by atoms with Gasteiger partial charge in [0.25, 0.3) is 0 Å². The minimum Gasteiger partial charge on any atom is -0.461 e. The van der Waals surface area contributed by atoms with Gasteiger partial charge in [0, 0.05) is 19.0 Å². The minimum absolute atomic E-state index is 0.0367. The molecular weight excluding hydrogens is 344 g/mol. The number of thioether (sulfide) groups is 1. The Morgan fingerprint density at radius 2 is 2.00 bits per heavy atom. The third-order valence-electron chi connectivity index (χ3n) is 3.03. The number of amidine groups is 1. The second-order valence-corrected chi connectivity index (χ2v) is 6.30. The first-order valence-corrected chi connectivity index (χ1v) is 7.95. The summed E-state index contributed by atoms with van der Waals surface area (Å²) in [6.45, 7) is 1.56. The van der Waals surface area contributed by atoms with Gasteiger partial charge in [-0.25, -0.2) is 9.38 Å². The molecule has 2 aromatic rings. The van der Waals surface area contributed by atoms with Crippen LogP contribution in [0.1, 0.15) is 11.3 Å². The van der Waals surface area contributed by atoms with Gasteiger partial charge in [0.15, 0.2) is 11.6 Å². The Morgan fingerprint density at radius 3 is 2.54 bits per heavy atom. The summed E-state index contributed by atoms with van der Waals surface area (Å²) in [5.74, 6) is -0.838. The molecule has 1 aromatic heterocycles. The van der Waals surface area contributed by atoms with Crippen LogP contribution in [-0.2, 0) is 0 Å². The molecule has 0 saturated heterocycles. The van der Waals surface area contributed by atoms with E-state index in [0.29, 0.717) is 33.8 Å². The van der Waals surface area contributed by atoms with Crippen LogP contribution in [-0.4, -0.2) is 36.8 Å². The van der Waals surface area contributed by atoms with Gasteiger partial charge in [0.05, 0.1) is 12.0 Å². The van der Waals surface area contributed by atoms with Crippen molar-refractivity contribution in [3.63, 3.8) is 0 Å². The predicted molar refractivity (Wildman–Crippen MR) is 86.5 cm³/mol. The van der Waals surface area contributed by atoms with Crippen molar-refractivity contribution < 1.29 is 22.0 Å². The number of aliphatic imine (C=N–C) groups is 1. The molecule has 0 spiro atoms. The molecule has 1 aromatic carbocycles. The van der Waals surface area contributed by atoms with E-state index in [1.807, 2.05) is 0 Å². The maximum atomic E-state index is 14.2. The van der Waals surface area contributed by atoms with Gasteiger partial charge in [-0.1, -0.05) is 0 Å². The van der Waals surface area contributed by atoms with Crippen molar-refractivity contribution in [2.75, 3.05) is 19.8 Å². The highest BCUT2D eigenvalue weighted by atomic mass is 32.2. The lowest BCUT2D eigenvalue weighted by atomic mass is 10.2. The number of hydrogen-bond acceptors (Lipinski definition) is 3. The highest BCUT2D eigenvalue weighted by Gasteiger charge is 2.27. The molecule has 0 fully saturated rings. The molecule has 0 bridgehead atoms. The van der Waals surface area contributed by atoms with Gasteiger partial charge < -0.3 is 9.32 Å². The number of benzene rings is 1. The Balaban J connectivity index is 2.40. The van der Waals surface area contributed by atoms with Crippen LogP contribution in [0.4, 0.5) is 23.2 Å². The van der Waals surface area contributed by atoms with Crippen LogP contribution in [0.15, 0.2) is 44.8 Å². The topological polar surface area (TPSA) is 28.7 Å². The number of rotatable bonds is 4. The van der Waals surface area contributed by atoms with Gasteiger partial charge in [-0.05, 0) is 36.8 Å². The summed E-state index contributed by atoms with van der Waals surface area (Å²) in [4.78, 5) is 6.20. The smallest absolute Gasteiger partial charge is 0.398 e. The number of nitrogens with zero attached hydrogens (tertiary/aromatic N) is 2. The molecule has 0 amide bonds. The van der Waals surface area contributed by atoms with Gasteiger partial charge in [-0.2, -0.15) is 13.2 Å². The average Bonchev–Trinajstić information content (AvgIpc) is 2.97. The lowest BCUT2D eigenvalue weighted by Gasteiger charge is -2.15. The normalized spacial score (nSPS) is 12.5. The first-order chi connectivity index (χ1) is 11.2. The first-order valence-electron chi connectivity index (χ1n) is 6.97. The Hall–Kier alpha value is -1.96. The maximum Gasteiger partial charge on any atom is 0.398 e. The van der Waals surface area contributed by atoms with E-state index in [9.17, 15) is 17.6 Å². The fourth-order valence-electron chi connectivity index (χ4n) is 1.94. The monoisotopic (exact) mass is 360 g/mol. The number of alkyl halides is 3. The standard InChI is InChI=1S/C16H16F4N2OS/c1-10-7-11(17)12(8-14(10)24-9-16(18,19)20)21-15(22(2)3)13-5-4-6-23-13/h4-8H,9H2,1-3H3/b21-15+. The predicted octanol–water partition coefficient (Wildman–Crippen LogP) is 5.02. The van der Waals surface area contributed by atoms with Crippen LogP contribution in [0, 0.1) is 12.7 Å². The Morgan fingerprint density at radius 1 is 1.29 bits per heavy atom. The molecule has 3 nitrogen and oxygen atoms in total. The highest BCUT2D eigenvalue weighted by Crippen LogP contribution is 2.33. The van der Waals surface area contributed by atoms with Crippen molar-refractivity contribution in [3.05, 3.63) is 47.7 Å². The fourth-order valence-corrected chi connectivity index (χ4v) is 2.74. The quantitative estimate of drug-likeness (QED) is 0.332. The minimum atomic E-state index is -4.29.